The van der Waals surface area contributed by atoms with E-state index in [1.54, 1.807) is 0 Å². The number of aliphatic hydroxyl groups is 1. The summed E-state index contributed by atoms with van der Waals surface area (Å²) in [5.74, 6) is 0.983. The number of hydrogen-bond donors (Lipinski definition) is 2. The maximum Gasteiger partial charge on any atom is 0.0895 e. The normalized spacial score (nSPS) is 27.5. The van der Waals surface area contributed by atoms with Crippen molar-refractivity contribution < 1.29 is 5.11 Å². The summed E-state index contributed by atoms with van der Waals surface area (Å²) in [7, 11) is 0. The molecule has 0 unspecified atom stereocenters. The summed E-state index contributed by atoms with van der Waals surface area (Å²) in [6, 6.07) is 0. The Kier molecular flexibility index (Phi) is 2.89. The van der Waals surface area contributed by atoms with Gasteiger partial charge in [-0.2, -0.15) is 0 Å². The van der Waals surface area contributed by atoms with Crippen LogP contribution in [-0.2, 0) is 0 Å². The Morgan fingerprint density at radius 3 is 2.46 bits per heavy atom. The molecule has 13 heavy (non-hydrogen) atoms. The lowest BCUT2D eigenvalue weighted by atomic mass is 9.88. The monoisotopic (exact) mass is 183 g/mol. The van der Waals surface area contributed by atoms with Crippen LogP contribution in [0.3, 0.4) is 0 Å². The van der Waals surface area contributed by atoms with Crippen molar-refractivity contribution in [3.8, 4) is 0 Å². The van der Waals surface area contributed by atoms with E-state index in [0.717, 1.165) is 25.4 Å². The highest BCUT2D eigenvalue weighted by Crippen LogP contribution is 2.30. The van der Waals surface area contributed by atoms with Gasteiger partial charge in [0.15, 0.2) is 0 Å². The molecule has 0 aromatic heterocycles. The Morgan fingerprint density at radius 2 is 1.92 bits per heavy atom. The maximum atomic E-state index is 9.82. The second-order valence-electron chi connectivity index (χ2n) is 4.87. The topological polar surface area (TPSA) is 32.3 Å². The number of hydrogen-bond acceptors (Lipinski definition) is 2. The number of β-amino-alcohol motifs (C(OH)–C–C–N with tert-alkyl or cyclic N) is 1. The summed E-state index contributed by atoms with van der Waals surface area (Å²) in [5, 5.41) is 13.0. The van der Waals surface area contributed by atoms with Crippen LogP contribution in [0.2, 0.25) is 0 Å². The van der Waals surface area contributed by atoms with Gasteiger partial charge in [0, 0.05) is 13.1 Å². The van der Waals surface area contributed by atoms with Crippen molar-refractivity contribution in [2.45, 2.75) is 50.5 Å². The van der Waals surface area contributed by atoms with E-state index in [-0.39, 0.29) is 5.60 Å². The molecule has 0 bridgehead atoms. The van der Waals surface area contributed by atoms with Crippen LogP contribution in [0.5, 0.6) is 0 Å². The van der Waals surface area contributed by atoms with Crippen LogP contribution in [0.4, 0.5) is 0 Å². The Labute approximate surface area is 80.7 Å². The van der Waals surface area contributed by atoms with Crippen molar-refractivity contribution in [1.82, 2.24) is 5.32 Å². The first-order valence-electron chi connectivity index (χ1n) is 5.72. The van der Waals surface area contributed by atoms with Gasteiger partial charge in [-0.25, -0.2) is 0 Å². The molecule has 1 saturated carbocycles. The largest absolute Gasteiger partial charge is 0.387 e. The molecule has 1 heterocycles. The molecule has 76 valence electrons. The third-order valence-electron chi connectivity index (χ3n) is 3.64. The molecule has 0 radical (unpaired) electrons. The first-order valence-corrected chi connectivity index (χ1v) is 5.72. The third kappa shape index (κ3) is 2.44. The van der Waals surface area contributed by atoms with Gasteiger partial charge in [-0.05, 0) is 12.3 Å². The molecule has 0 aromatic carbocycles. The van der Waals surface area contributed by atoms with E-state index < -0.39 is 0 Å². The van der Waals surface area contributed by atoms with Crippen molar-refractivity contribution in [1.29, 1.82) is 0 Å². The van der Waals surface area contributed by atoms with Crippen molar-refractivity contribution >= 4 is 0 Å². The van der Waals surface area contributed by atoms with Gasteiger partial charge >= 0.3 is 0 Å². The standard InChI is InChI=1S/C11H21NO/c13-11(8-12-9-11)7-3-6-10-4-1-2-5-10/h10,12-13H,1-9H2. The fraction of sp³-hybridized carbons (Fsp3) is 1.00. The lowest BCUT2D eigenvalue weighted by molar-refractivity contribution is -0.0197. The first kappa shape index (κ1) is 9.47. The van der Waals surface area contributed by atoms with Crippen LogP contribution in [-0.4, -0.2) is 23.8 Å². The molecule has 2 nitrogen and oxygen atoms in total. The molecule has 0 aromatic rings. The van der Waals surface area contributed by atoms with Gasteiger partial charge in [-0.3, -0.25) is 0 Å². The van der Waals surface area contributed by atoms with E-state index in [1.165, 1.54) is 38.5 Å². The smallest absolute Gasteiger partial charge is 0.0895 e. The Bertz CT molecular complexity index is 159. The second-order valence-corrected chi connectivity index (χ2v) is 4.87. The molecule has 2 aliphatic rings. The van der Waals surface area contributed by atoms with Gasteiger partial charge in [0.25, 0.3) is 0 Å². The number of rotatable bonds is 4. The van der Waals surface area contributed by atoms with Crippen LogP contribution < -0.4 is 5.32 Å². The van der Waals surface area contributed by atoms with Crippen molar-refractivity contribution in [2.24, 2.45) is 5.92 Å². The first-order chi connectivity index (χ1) is 6.29. The minimum Gasteiger partial charge on any atom is -0.387 e. The van der Waals surface area contributed by atoms with Gasteiger partial charge in [0.1, 0.15) is 0 Å². The van der Waals surface area contributed by atoms with Gasteiger partial charge in [0.05, 0.1) is 5.60 Å². The molecule has 2 N–H and O–H groups in total. The fourth-order valence-electron chi connectivity index (χ4n) is 2.61. The van der Waals surface area contributed by atoms with Gasteiger partial charge in [-0.15, -0.1) is 0 Å². The summed E-state index contributed by atoms with van der Waals surface area (Å²) in [4.78, 5) is 0. The molecule has 1 saturated heterocycles. The van der Waals surface area contributed by atoms with Crippen LogP contribution in [0.15, 0.2) is 0 Å². The third-order valence-corrected chi connectivity index (χ3v) is 3.64. The van der Waals surface area contributed by atoms with E-state index in [0.29, 0.717) is 0 Å². The fourth-order valence-corrected chi connectivity index (χ4v) is 2.61. The predicted molar refractivity (Wildman–Crippen MR) is 53.6 cm³/mol. The Morgan fingerprint density at radius 1 is 1.23 bits per heavy atom. The Balaban J connectivity index is 1.57. The highest BCUT2D eigenvalue weighted by Gasteiger charge is 2.33. The minimum absolute atomic E-state index is 0.335. The molecule has 0 amide bonds. The SMILES string of the molecule is OC1(CCCC2CCCC2)CNC1. The van der Waals surface area contributed by atoms with Gasteiger partial charge < -0.3 is 10.4 Å². The molecule has 1 aliphatic heterocycles. The average molecular weight is 183 g/mol. The van der Waals surface area contributed by atoms with Crippen LogP contribution >= 0.6 is 0 Å². The van der Waals surface area contributed by atoms with Crippen molar-refractivity contribution in [3.05, 3.63) is 0 Å². The quantitative estimate of drug-likeness (QED) is 0.695. The molecule has 2 heteroatoms. The molecular weight excluding hydrogens is 162 g/mol. The van der Waals surface area contributed by atoms with E-state index in [9.17, 15) is 5.11 Å². The van der Waals surface area contributed by atoms with Gasteiger partial charge in [0.2, 0.25) is 0 Å². The highest BCUT2D eigenvalue weighted by atomic mass is 16.3. The molecule has 0 atom stereocenters. The lowest BCUT2D eigenvalue weighted by Crippen LogP contribution is -2.59. The molecular formula is C11H21NO. The molecule has 2 fully saturated rings. The van der Waals surface area contributed by atoms with Crippen LogP contribution in [0, 0.1) is 5.92 Å². The summed E-state index contributed by atoms with van der Waals surface area (Å²) in [5.41, 5.74) is -0.335. The summed E-state index contributed by atoms with van der Waals surface area (Å²) >= 11 is 0. The van der Waals surface area contributed by atoms with E-state index in [4.69, 9.17) is 0 Å². The highest BCUT2D eigenvalue weighted by molar-refractivity contribution is 4.92. The Hall–Kier alpha value is -0.0800. The predicted octanol–water partition coefficient (Wildman–Crippen LogP) is 1.68. The van der Waals surface area contributed by atoms with Crippen LogP contribution in [0.1, 0.15) is 44.9 Å². The van der Waals surface area contributed by atoms with Gasteiger partial charge in [-0.1, -0.05) is 38.5 Å². The van der Waals surface area contributed by atoms with Crippen molar-refractivity contribution in [3.63, 3.8) is 0 Å². The van der Waals surface area contributed by atoms with E-state index in [1.807, 2.05) is 0 Å². The second kappa shape index (κ2) is 3.97. The zero-order valence-corrected chi connectivity index (χ0v) is 8.39. The van der Waals surface area contributed by atoms with Crippen LogP contribution in [0.25, 0.3) is 0 Å². The maximum absolute atomic E-state index is 9.82. The summed E-state index contributed by atoms with van der Waals surface area (Å²) < 4.78 is 0. The van der Waals surface area contributed by atoms with Crippen molar-refractivity contribution in [2.75, 3.05) is 13.1 Å². The lowest BCUT2D eigenvalue weighted by Gasteiger charge is -2.37. The minimum atomic E-state index is -0.335. The zero-order chi connectivity index (χ0) is 9.15. The zero-order valence-electron chi connectivity index (χ0n) is 8.39. The summed E-state index contributed by atoms with van der Waals surface area (Å²) in [6.45, 7) is 1.63. The molecule has 1 aliphatic carbocycles. The number of nitrogens with one attached hydrogen (secondary N) is 1. The average Bonchev–Trinajstić information content (AvgIpc) is 2.54. The van der Waals surface area contributed by atoms with E-state index >= 15 is 0 Å². The molecule has 2 rings (SSSR count). The van der Waals surface area contributed by atoms with E-state index in [2.05, 4.69) is 5.32 Å². The molecule has 0 spiro atoms. The summed E-state index contributed by atoms with van der Waals surface area (Å²) in [6.07, 6.45) is 9.35.